The van der Waals surface area contributed by atoms with Crippen molar-refractivity contribution < 1.29 is 19.0 Å². The lowest BCUT2D eigenvalue weighted by Crippen LogP contribution is -2.15. The van der Waals surface area contributed by atoms with Crippen LogP contribution in [-0.4, -0.2) is 26.7 Å². The molecule has 0 fully saturated rings. The number of carbonyl (C=O) groups is 1. The topological polar surface area (TPSA) is 56.8 Å². The number of anilines is 1. The molecule has 2 rings (SSSR count). The van der Waals surface area contributed by atoms with Crippen LogP contribution in [0.5, 0.6) is 17.2 Å². The summed E-state index contributed by atoms with van der Waals surface area (Å²) in [5, 5.41) is 3.30. The van der Waals surface area contributed by atoms with Crippen molar-refractivity contribution in [3.05, 3.63) is 47.5 Å². The number of para-hydroxylation sites is 1. The highest BCUT2D eigenvalue weighted by Crippen LogP contribution is 2.29. The second kappa shape index (κ2) is 8.29. The number of methoxy groups -OCH3 is 2. The van der Waals surface area contributed by atoms with Crippen molar-refractivity contribution in [2.24, 2.45) is 0 Å². The second-order valence-electron chi connectivity index (χ2n) is 4.64. The Hall–Kier alpha value is -2.40. The summed E-state index contributed by atoms with van der Waals surface area (Å²) in [5.74, 6) is 1.57. The van der Waals surface area contributed by atoms with Gasteiger partial charge in [-0.2, -0.15) is 0 Å². The van der Waals surface area contributed by atoms with Gasteiger partial charge in [-0.05, 0) is 24.3 Å². The lowest BCUT2D eigenvalue weighted by molar-refractivity contribution is -0.116. The van der Waals surface area contributed by atoms with E-state index in [0.717, 1.165) is 0 Å². The van der Waals surface area contributed by atoms with E-state index in [1.165, 1.54) is 7.11 Å². The van der Waals surface area contributed by atoms with Crippen LogP contribution in [0.2, 0.25) is 5.02 Å². The minimum absolute atomic E-state index is 0.180. The van der Waals surface area contributed by atoms with Crippen molar-refractivity contribution in [1.29, 1.82) is 0 Å². The van der Waals surface area contributed by atoms with Gasteiger partial charge in [0.15, 0.2) is 0 Å². The SMILES string of the molecule is COc1ccc(NC(=O)CCOc2ccccc2Cl)c(OC)c1. The third kappa shape index (κ3) is 4.79. The lowest BCUT2D eigenvalue weighted by Gasteiger charge is -2.12. The smallest absolute Gasteiger partial charge is 0.227 e. The minimum Gasteiger partial charge on any atom is -0.497 e. The first-order valence-electron chi connectivity index (χ1n) is 7.03. The first kappa shape index (κ1) is 17.0. The van der Waals surface area contributed by atoms with Crippen LogP contribution in [-0.2, 0) is 4.79 Å². The van der Waals surface area contributed by atoms with Crippen LogP contribution in [0.3, 0.4) is 0 Å². The average Bonchev–Trinajstić information content (AvgIpc) is 2.57. The molecule has 0 heterocycles. The fourth-order valence-electron chi connectivity index (χ4n) is 1.93. The number of rotatable bonds is 7. The minimum atomic E-state index is -0.180. The highest BCUT2D eigenvalue weighted by Gasteiger charge is 2.09. The van der Waals surface area contributed by atoms with E-state index in [4.69, 9.17) is 25.8 Å². The second-order valence-corrected chi connectivity index (χ2v) is 5.05. The molecule has 0 aliphatic carbocycles. The summed E-state index contributed by atoms with van der Waals surface area (Å²) in [6.45, 7) is 0.230. The number of benzene rings is 2. The molecular formula is C17H18ClNO4. The van der Waals surface area contributed by atoms with Gasteiger partial charge in [0.05, 0.1) is 38.0 Å². The Balaban J connectivity index is 1.89. The van der Waals surface area contributed by atoms with Gasteiger partial charge in [0.1, 0.15) is 17.2 Å². The first-order valence-corrected chi connectivity index (χ1v) is 7.41. The predicted molar refractivity (Wildman–Crippen MR) is 89.7 cm³/mol. The molecule has 6 heteroatoms. The number of halogens is 1. The van der Waals surface area contributed by atoms with Gasteiger partial charge >= 0.3 is 0 Å². The molecule has 122 valence electrons. The van der Waals surface area contributed by atoms with Gasteiger partial charge < -0.3 is 19.5 Å². The molecule has 1 amide bonds. The van der Waals surface area contributed by atoms with E-state index >= 15 is 0 Å². The molecule has 2 aromatic carbocycles. The van der Waals surface area contributed by atoms with Crippen LogP contribution in [0.4, 0.5) is 5.69 Å². The largest absolute Gasteiger partial charge is 0.497 e. The summed E-state index contributed by atoms with van der Waals surface area (Å²) in [6, 6.07) is 12.3. The maximum Gasteiger partial charge on any atom is 0.227 e. The zero-order chi connectivity index (χ0) is 16.7. The van der Waals surface area contributed by atoms with E-state index in [1.807, 2.05) is 12.1 Å². The maximum atomic E-state index is 12.0. The van der Waals surface area contributed by atoms with Crippen LogP contribution in [0, 0.1) is 0 Å². The molecule has 0 aliphatic rings. The first-order chi connectivity index (χ1) is 11.1. The summed E-state index contributed by atoms with van der Waals surface area (Å²) in [6.07, 6.45) is 0.195. The van der Waals surface area contributed by atoms with E-state index in [0.29, 0.717) is 28.0 Å². The summed E-state index contributed by atoms with van der Waals surface area (Å²) >= 11 is 5.98. The standard InChI is InChI=1S/C17H18ClNO4/c1-21-12-7-8-14(16(11-12)22-2)19-17(20)9-10-23-15-6-4-3-5-13(15)18/h3-8,11H,9-10H2,1-2H3,(H,19,20). The number of hydrogen-bond donors (Lipinski definition) is 1. The Morgan fingerprint density at radius 3 is 2.57 bits per heavy atom. The van der Waals surface area contributed by atoms with Crippen LogP contribution in [0.15, 0.2) is 42.5 Å². The predicted octanol–water partition coefficient (Wildman–Crippen LogP) is 3.76. The normalized spacial score (nSPS) is 10.0. The Bertz CT molecular complexity index is 675. The molecular weight excluding hydrogens is 318 g/mol. The maximum absolute atomic E-state index is 12.0. The van der Waals surface area contributed by atoms with Crippen molar-refractivity contribution in [1.82, 2.24) is 0 Å². The molecule has 0 aliphatic heterocycles. The molecule has 5 nitrogen and oxygen atoms in total. The molecule has 0 saturated carbocycles. The van der Waals surface area contributed by atoms with Gasteiger partial charge in [0.25, 0.3) is 0 Å². The molecule has 0 radical (unpaired) electrons. The van der Waals surface area contributed by atoms with Gasteiger partial charge in [-0.25, -0.2) is 0 Å². The molecule has 0 spiro atoms. The Labute approximate surface area is 140 Å². The van der Waals surface area contributed by atoms with Crippen molar-refractivity contribution >= 4 is 23.2 Å². The number of ether oxygens (including phenoxy) is 3. The summed E-state index contributed by atoms with van der Waals surface area (Å²) < 4.78 is 15.8. The van der Waals surface area contributed by atoms with Crippen LogP contribution in [0.1, 0.15) is 6.42 Å². The average molecular weight is 336 g/mol. The Morgan fingerprint density at radius 1 is 1.09 bits per heavy atom. The zero-order valence-corrected chi connectivity index (χ0v) is 13.7. The van der Waals surface area contributed by atoms with Crippen molar-refractivity contribution in [2.75, 3.05) is 26.1 Å². The summed E-state index contributed by atoms with van der Waals surface area (Å²) in [4.78, 5) is 12.0. The van der Waals surface area contributed by atoms with Gasteiger partial charge in [-0.3, -0.25) is 4.79 Å². The van der Waals surface area contributed by atoms with Gasteiger partial charge in [-0.1, -0.05) is 23.7 Å². The third-order valence-electron chi connectivity index (χ3n) is 3.11. The Kier molecular flexibility index (Phi) is 6.11. The number of hydrogen-bond acceptors (Lipinski definition) is 4. The van der Waals surface area contributed by atoms with E-state index in [1.54, 1.807) is 37.4 Å². The quantitative estimate of drug-likeness (QED) is 0.837. The highest BCUT2D eigenvalue weighted by molar-refractivity contribution is 6.32. The van der Waals surface area contributed by atoms with Crippen LogP contribution in [0.25, 0.3) is 0 Å². The summed E-state index contributed by atoms with van der Waals surface area (Å²) in [5.41, 5.74) is 0.580. The van der Waals surface area contributed by atoms with Crippen LogP contribution < -0.4 is 19.5 Å². The van der Waals surface area contributed by atoms with E-state index in [-0.39, 0.29) is 18.9 Å². The van der Waals surface area contributed by atoms with E-state index < -0.39 is 0 Å². The number of carbonyl (C=O) groups excluding carboxylic acids is 1. The fraction of sp³-hybridized carbons (Fsp3) is 0.235. The summed E-state index contributed by atoms with van der Waals surface area (Å²) in [7, 11) is 3.10. The van der Waals surface area contributed by atoms with Gasteiger partial charge in [-0.15, -0.1) is 0 Å². The number of amides is 1. The number of nitrogens with one attached hydrogen (secondary N) is 1. The van der Waals surface area contributed by atoms with Crippen molar-refractivity contribution in [3.8, 4) is 17.2 Å². The monoisotopic (exact) mass is 335 g/mol. The van der Waals surface area contributed by atoms with Crippen LogP contribution >= 0.6 is 11.6 Å². The highest BCUT2D eigenvalue weighted by atomic mass is 35.5. The Morgan fingerprint density at radius 2 is 1.87 bits per heavy atom. The van der Waals surface area contributed by atoms with Gasteiger partial charge in [0, 0.05) is 6.07 Å². The molecule has 0 unspecified atom stereocenters. The zero-order valence-electron chi connectivity index (χ0n) is 13.0. The molecule has 2 aromatic rings. The van der Waals surface area contributed by atoms with E-state index in [2.05, 4.69) is 5.32 Å². The molecule has 0 bridgehead atoms. The van der Waals surface area contributed by atoms with Gasteiger partial charge in [0.2, 0.25) is 5.91 Å². The van der Waals surface area contributed by atoms with Crippen molar-refractivity contribution in [2.45, 2.75) is 6.42 Å². The fourth-order valence-corrected chi connectivity index (χ4v) is 2.12. The van der Waals surface area contributed by atoms with E-state index in [9.17, 15) is 4.79 Å². The third-order valence-corrected chi connectivity index (χ3v) is 3.42. The molecule has 0 aromatic heterocycles. The molecule has 23 heavy (non-hydrogen) atoms. The van der Waals surface area contributed by atoms with Crippen molar-refractivity contribution in [3.63, 3.8) is 0 Å². The lowest BCUT2D eigenvalue weighted by atomic mass is 10.2. The molecule has 0 atom stereocenters. The molecule has 1 N–H and O–H groups in total. The molecule has 0 saturated heterocycles.